The third kappa shape index (κ3) is 6.68. The Morgan fingerprint density at radius 1 is 1.36 bits per heavy atom. The van der Waals surface area contributed by atoms with Gasteiger partial charge in [-0.25, -0.2) is 0 Å². The number of hydrogen-bond acceptors (Lipinski definition) is 4. The number of oxime groups is 1. The summed E-state index contributed by atoms with van der Waals surface area (Å²) in [5, 5.41) is 14.4. The number of hydrogen-bond donors (Lipinski definition) is 3. The SMILES string of the molecule is CCN(CC)CCNCCC(N)=NO. The molecule has 0 aliphatic carbocycles. The van der Waals surface area contributed by atoms with Crippen molar-refractivity contribution in [3.63, 3.8) is 0 Å². The molecule has 0 aliphatic heterocycles. The van der Waals surface area contributed by atoms with Gasteiger partial charge >= 0.3 is 0 Å². The fourth-order valence-corrected chi connectivity index (χ4v) is 1.17. The lowest BCUT2D eigenvalue weighted by Gasteiger charge is -2.17. The Bertz CT molecular complexity index is 157. The first-order valence-electron chi connectivity index (χ1n) is 5.14. The maximum Gasteiger partial charge on any atom is 0.140 e. The van der Waals surface area contributed by atoms with Crippen LogP contribution in [0.2, 0.25) is 0 Å². The van der Waals surface area contributed by atoms with E-state index in [1.54, 1.807) is 0 Å². The van der Waals surface area contributed by atoms with Crippen LogP contribution in [0.1, 0.15) is 20.3 Å². The van der Waals surface area contributed by atoms with E-state index in [0.717, 1.165) is 32.7 Å². The Balaban J connectivity index is 3.29. The van der Waals surface area contributed by atoms with E-state index in [1.807, 2.05) is 0 Å². The molecular weight excluding hydrogens is 180 g/mol. The lowest BCUT2D eigenvalue weighted by Crippen LogP contribution is -2.33. The van der Waals surface area contributed by atoms with Crippen LogP contribution in [-0.2, 0) is 0 Å². The molecule has 0 atom stereocenters. The van der Waals surface area contributed by atoms with Gasteiger partial charge in [-0.15, -0.1) is 0 Å². The quantitative estimate of drug-likeness (QED) is 0.171. The third-order valence-corrected chi connectivity index (χ3v) is 2.19. The predicted molar refractivity (Wildman–Crippen MR) is 58.7 cm³/mol. The maximum atomic E-state index is 8.28. The second-order valence-corrected chi connectivity index (χ2v) is 3.12. The molecule has 4 N–H and O–H groups in total. The summed E-state index contributed by atoms with van der Waals surface area (Å²) in [4.78, 5) is 2.34. The molecule has 0 unspecified atom stereocenters. The van der Waals surface area contributed by atoms with Gasteiger partial charge in [0.15, 0.2) is 0 Å². The summed E-state index contributed by atoms with van der Waals surface area (Å²) < 4.78 is 0. The monoisotopic (exact) mass is 202 g/mol. The van der Waals surface area contributed by atoms with Gasteiger partial charge < -0.3 is 21.2 Å². The lowest BCUT2D eigenvalue weighted by molar-refractivity contribution is 0.302. The zero-order valence-electron chi connectivity index (χ0n) is 9.16. The van der Waals surface area contributed by atoms with Crippen LogP contribution in [0.5, 0.6) is 0 Å². The highest BCUT2D eigenvalue weighted by molar-refractivity contribution is 5.79. The summed E-state index contributed by atoms with van der Waals surface area (Å²) in [6.07, 6.45) is 0.592. The Labute approximate surface area is 86.0 Å². The van der Waals surface area contributed by atoms with Crippen molar-refractivity contribution < 1.29 is 5.21 Å². The van der Waals surface area contributed by atoms with Crippen molar-refractivity contribution in [2.75, 3.05) is 32.7 Å². The van der Waals surface area contributed by atoms with E-state index in [-0.39, 0.29) is 5.84 Å². The number of nitrogens with one attached hydrogen (secondary N) is 1. The second kappa shape index (κ2) is 8.77. The first-order valence-corrected chi connectivity index (χ1v) is 5.14. The van der Waals surface area contributed by atoms with E-state index in [4.69, 9.17) is 10.9 Å². The smallest absolute Gasteiger partial charge is 0.140 e. The molecule has 0 bridgehead atoms. The second-order valence-electron chi connectivity index (χ2n) is 3.12. The van der Waals surface area contributed by atoms with Gasteiger partial charge in [0.2, 0.25) is 0 Å². The summed E-state index contributed by atoms with van der Waals surface area (Å²) in [6.45, 7) is 9.22. The molecule has 0 saturated carbocycles. The molecule has 0 radical (unpaired) electrons. The maximum absolute atomic E-state index is 8.28. The zero-order valence-corrected chi connectivity index (χ0v) is 9.16. The molecule has 0 amide bonds. The molecule has 14 heavy (non-hydrogen) atoms. The summed E-state index contributed by atoms with van der Waals surface area (Å²) in [5.74, 6) is 0.278. The fourth-order valence-electron chi connectivity index (χ4n) is 1.17. The van der Waals surface area contributed by atoms with Crippen LogP contribution in [0.25, 0.3) is 0 Å². The van der Waals surface area contributed by atoms with Crippen LogP contribution < -0.4 is 11.1 Å². The van der Waals surface area contributed by atoms with Crippen LogP contribution in [0.3, 0.4) is 0 Å². The summed E-state index contributed by atoms with van der Waals surface area (Å²) in [5.41, 5.74) is 5.32. The fraction of sp³-hybridized carbons (Fsp3) is 0.889. The van der Waals surface area contributed by atoms with Gasteiger partial charge in [0.1, 0.15) is 5.84 Å². The molecule has 84 valence electrons. The number of nitrogens with two attached hydrogens (primary N) is 1. The molecule has 0 rings (SSSR count). The van der Waals surface area contributed by atoms with E-state index in [9.17, 15) is 0 Å². The van der Waals surface area contributed by atoms with E-state index in [0.29, 0.717) is 6.42 Å². The topological polar surface area (TPSA) is 73.9 Å². The van der Waals surface area contributed by atoms with Crippen molar-refractivity contribution in [2.24, 2.45) is 10.9 Å². The summed E-state index contributed by atoms with van der Waals surface area (Å²) >= 11 is 0. The Morgan fingerprint density at radius 3 is 2.50 bits per heavy atom. The standard InChI is InChI=1S/C9H22N4O/c1-3-13(4-2)8-7-11-6-5-9(10)12-14/h11,14H,3-8H2,1-2H3,(H2,10,12). The van der Waals surface area contributed by atoms with Gasteiger partial charge in [-0.3, -0.25) is 0 Å². The molecule has 0 saturated heterocycles. The lowest BCUT2D eigenvalue weighted by atomic mass is 10.4. The number of rotatable bonds is 8. The number of amidine groups is 1. The predicted octanol–water partition coefficient (Wildman–Crippen LogP) is 0.0543. The Hall–Kier alpha value is -0.810. The van der Waals surface area contributed by atoms with Gasteiger partial charge in [0.25, 0.3) is 0 Å². The van der Waals surface area contributed by atoms with Crippen molar-refractivity contribution in [1.82, 2.24) is 10.2 Å². The van der Waals surface area contributed by atoms with Crippen molar-refractivity contribution >= 4 is 5.84 Å². The highest BCUT2D eigenvalue weighted by atomic mass is 16.4. The third-order valence-electron chi connectivity index (χ3n) is 2.19. The summed E-state index contributed by atoms with van der Waals surface area (Å²) in [6, 6.07) is 0. The molecule has 0 spiro atoms. The zero-order chi connectivity index (χ0) is 10.8. The first kappa shape index (κ1) is 13.2. The van der Waals surface area contributed by atoms with Crippen LogP contribution in [0.4, 0.5) is 0 Å². The molecule has 0 heterocycles. The Kier molecular flexibility index (Phi) is 8.27. The normalized spacial score (nSPS) is 12.4. The number of nitrogens with zero attached hydrogens (tertiary/aromatic N) is 2. The van der Waals surface area contributed by atoms with E-state index < -0.39 is 0 Å². The highest BCUT2D eigenvalue weighted by Crippen LogP contribution is 1.84. The average Bonchev–Trinajstić information content (AvgIpc) is 2.23. The van der Waals surface area contributed by atoms with Crippen molar-refractivity contribution in [2.45, 2.75) is 20.3 Å². The highest BCUT2D eigenvalue weighted by Gasteiger charge is 1.97. The minimum Gasteiger partial charge on any atom is -0.409 e. The van der Waals surface area contributed by atoms with E-state index >= 15 is 0 Å². The van der Waals surface area contributed by atoms with E-state index in [1.165, 1.54) is 0 Å². The molecule has 5 nitrogen and oxygen atoms in total. The molecule has 0 aromatic carbocycles. The molecule has 0 aliphatic rings. The van der Waals surface area contributed by atoms with Crippen molar-refractivity contribution in [1.29, 1.82) is 0 Å². The van der Waals surface area contributed by atoms with Crippen LogP contribution in [0.15, 0.2) is 5.16 Å². The van der Waals surface area contributed by atoms with Gasteiger partial charge in [-0.2, -0.15) is 0 Å². The summed E-state index contributed by atoms with van der Waals surface area (Å²) in [7, 11) is 0. The molecule has 0 aromatic heterocycles. The van der Waals surface area contributed by atoms with Crippen molar-refractivity contribution in [3.8, 4) is 0 Å². The van der Waals surface area contributed by atoms with Crippen LogP contribution >= 0.6 is 0 Å². The van der Waals surface area contributed by atoms with Crippen molar-refractivity contribution in [3.05, 3.63) is 0 Å². The van der Waals surface area contributed by atoms with Gasteiger partial charge in [0.05, 0.1) is 0 Å². The first-order chi connectivity index (χ1) is 6.74. The van der Waals surface area contributed by atoms with Gasteiger partial charge in [-0.1, -0.05) is 19.0 Å². The minimum atomic E-state index is 0.278. The molecule has 5 heteroatoms. The average molecular weight is 202 g/mol. The van der Waals surface area contributed by atoms with E-state index in [2.05, 4.69) is 29.2 Å². The van der Waals surface area contributed by atoms with Gasteiger partial charge in [-0.05, 0) is 13.1 Å². The minimum absolute atomic E-state index is 0.278. The molecule has 0 aromatic rings. The number of likely N-dealkylation sites (N-methyl/N-ethyl adjacent to an activating group) is 1. The van der Waals surface area contributed by atoms with Gasteiger partial charge in [0, 0.05) is 26.1 Å². The molecular formula is C9H22N4O. The van der Waals surface area contributed by atoms with Crippen LogP contribution in [-0.4, -0.2) is 48.7 Å². The van der Waals surface area contributed by atoms with Crippen LogP contribution in [0, 0.1) is 0 Å². The Morgan fingerprint density at radius 2 is 2.00 bits per heavy atom. The molecule has 0 fully saturated rings. The largest absolute Gasteiger partial charge is 0.409 e.